The van der Waals surface area contributed by atoms with Crippen molar-refractivity contribution >= 4 is 28.8 Å². The number of amides is 2. The Labute approximate surface area is 132 Å². The van der Waals surface area contributed by atoms with Gasteiger partial charge < -0.3 is 15.7 Å². The number of nitrogens with one attached hydrogen (secondary N) is 2. The molecule has 2 amide bonds. The summed E-state index contributed by atoms with van der Waals surface area (Å²) in [6.07, 6.45) is -0.640. The lowest BCUT2D eigenvalue weighted by Crippen LogP contribution is -2.30. The second-order valence-electron chi connectivity index (χ2n) is 5.21. The number of hydrogen-bond acceptors (Lipinski definition) is 4. The molecule has 2 unspecified atom stereocenters. The Kier molecular flexibility index (Phi) is 4.22. The molecule has 1 aromatic heterocycles. The third-order valence-corrected chi connectivity index (χ3v) is 4.42. The molecule has 3 N–H and O–H groups in total. The van der Waals surface area contributed by atoms with Crippen LogP contribution < -0.4 is 10.6 Å². The van der Waals surface area contributed by atoms with Crippen LogP contribution in [0.15, 0.2) is 41.1 Å². The van der Waals surface area contributed by atoms with Crippen molar-refractivity contribution in [1.29, 1.82) is 0 Å². The average molecular weight is 316 g/mol. The van der Waals surface area contributed by atoms with Gasteiger partial charge in [0.1, 0.15) is 0 Å². The van der Waals surface area contributed by atoms with Gasteiger partial charge in [-0.05, 0) is 34.0 Å². The van der Waals surface area contributed by atoms with Crippen molar-refractivity contribution in [2.75, 3.05) is 11.9 Å². The number of fused-ring (bicyclic) bond motifs is 1. The predicted octanol–water partition coefficient (Wildman–Crippen LogP) is 2.02. The topological polar surface area (TPSA) is 78.4 Å². The summed E-state index contributed by atoms with van der Waals surface area (Å²) in [5.41, 5.74) is 2.40. The van der Waals surface area contributed by atoms with Crippen molar-refractivity contribution in [2.45, 2.75) is 18.4 Å². The minimum atomic E-state index is -0.722. The first kappa shape index (κ1) is 14.7. The SMILES string of the molecule is O=C(CC1C(=O)Nc2ccccc21)NCC(O)c1ccsc1. The molecule has 0 saturated heterocycles. The molecule has 0 radical (unpaired) electrons. The van der Waals surface area contributed by atoms with E-state index in [0.29, 0.717) is 0 Å². The normalized spacial score (nSPS) is 17.7. The Morgan fingerprint density at radius 1 is 1.36 bits per heavy atom. The summed E-state index contributed by atoms with van der Waals surface area (Å²) in [5.74, 6) is -0.865. The highest BCUT2D eigenvalue weighted by Crippen LogP contribution is 2.34. The summed E-state index contributed by atoms with van der Waals surface area (Å²) < 4.78 is 0. The van der Waals surface area contributed by atoms with Crippen molar-refractivity contribution in [3.63, 3.8) is 0 Å². The van der Waals surface area contributed by atoms with Crippen LogP contribution in [0, 0.1) is 0 Å². The van der Waals surface area contributed by atoms with Gasteiger partial charge in [0.2, 0.25) is 11.8 Å². The number of benzene rings is 1. The van der Waals surface area contributed by atoms with Gasteiger partial charge in [0.05, 0.1) is 12.0 Å². The Balaban J connectivity index is 1.57. The molecule has 114 valence electrons. The van der Waals surface area contributed by atoms with Crippen molar-refractivity contribution < 1.29 is 14.7 Å². The molecule has 1 aromatic carbocycles. The maximum Gasteiger partial charge on any atom is 0.232 e. The molecule has 1 aliphatic heterocycles. The number of para-hydroxylation sites is 1. The maximum absolute atomic E-state index is 12.0. The second-order valence-corrected chi connectivity index (χ2v) is 5.99. The van der Waals surface area contributed by atoms with Crippen LogP contribution in [0.25, 0.3) is 0 Å². The first-order valence-electron chi connectivity index (χ1n) is 7.02. The van der Waals surface area contributed by atoms with E-state index in [2.05, 4.69) is 10.6 Å². The summed E-state index contributed by atoms with van der Waals surface area (Å²) in [6.45, 7) is 0.144. The highest BCUT2D eigenvalue weighted by atomic mass is 32.1. The molecule has 5 nitrogen and oxygen atoms in total. The van der Waals surface area contributed by atoms with Gasteiger partial charge in [-0.25, -0.2) is 0 Å². The number of carbonyl (C=O) groups is 2. The number of thiophene rings is 1. The van der Waals surface area contributed by atoms with Crippen LogP contribution in [0.1, 0.15) is 29.6 Å². The molecular weight excluding hydrogens is 300 g/mol. The highest BCUT2D eigenvalue weighted by Gasteiger charge is 2.31. The molecule has 2 atom stereocenters. The molecule has 2 heterocycles. The number of carbonyl (C=O) groups excluding carboxylic acids is 2. The largest absolute Gasteiger partial charge is 0.387 e. The zero-order valence-electron chi connectivity index (χ0n) is 11.8. The fraction of sp³-hybridized carbons (Fsp3) is 0.250. The smallest absolute Gasteiger partial charge is 0.232 e. The number of aliphatic hydroxyl groups excluding tert-OH is 1. The van der Waals surface area contributed by atoms with Crippen LogP contribution in [0.3, 0.4) is 0 Å². The van der Waals surface area contributed by atoms with E-state index in [1.165, 1.54) is 11.3 Å². The van der Waals surface area contributed by atoms with Gasteiger partial charge in [-0.2, -0.15) is 11.3 Å². The van der Waals surface area contributed by atoms with E-state index in [9.17, 15) is 14.7 Å². The summed E-state index contributed by atoms with van der Waals surface area (Å²) in [7, 11) is 0. The molecule has 0 fully saturated rings. The average Bonchev–Trinajstić information content (AvgIpc) is 3.14. The van der Waals surface area contributed by atoms with Crippen LogP contribution in [-0.4, -0.2) is 23.5 Å². The van der Waals surface area contributed by atoms with Gasteiger partial charge in [0, 0.05) is 18.7 Å². The van der Waals surface area contributed by atoms with Gasteiger partial charge in [0.15, 0.2) is 0 Å². The number of aliphatic hydroxyl groups is 1. The molecule has 0 spiro atoms. The van der Waals surface area contributed by atoms with Crippen LogP contribution in [0.4, 0.5) is 5.69 Å². The van der Waals surface area contributed by atoms with E-state index in [1.807, 2.05) is 41.1 Å². The van der Waals surface area contributed by atoms with Gasteiger partial charge in [-0.15, -0.1) is 0 Å². The minimum absolute atomic E-state index is 0.0825. The third-order valence-electron chi connectivity index (χ3n) is 3.72. The van der Waals surface area contributed by atoms with Crippen LogP contribution in [0.2, 0.25) is 0 Å². The predicted molar refractivity (Wildman–Crippen MR) is 84.7 cm³/mol. The van der Waals surface area contributed by atoms with Gasteiger partial charge in [-0.1, -0.05) is 18.2 Å². The molecule has 22 heavy (non-hydrogen) atoms. The molecule has 2 aromatic rings. The summed E-state index contributed by atoms with van der Waals surface area (Å²) in [6, 6.07) is 9.20. The summed E-state index contributed by atoms with van der Waals surface area (Å²) >= 11 is 1.50. The van der Waals surface area contributed by atoms with Gasteiger partial charge in [-0.3, -0.25) is 9.59 Å². The van der Waals surface area contributed by atoms with Gasteiger partial charge >= 0.3 is 0 Å². The molecule has 0 bridgehead atoms. The maximum atomic E-state index is 12.0. The molecule has 0 saturated carbocycles. The Morgan fingerprint density at radius 2 is 2.18 bits per heavy atom. The van der Waals surface area contributed by atoms with Crippen molar-refractivity contribution in [2.24, 2.45) is 0 Å². The lowest BCUT2D eigenvalue weighted by molar-refractivity contribution is -0.125. The van der Waals surface area contributed by atoms with Crippen molar-refractivity contribution in [1.82, 2.24) is 5.32 Å². The Bertz CT molecular complexity index is 684. The van der Waals surface area contributed by atoms with Gasteiger partial charge in [0.25, 0.3) is 0 Å². The first-order chi connectivity index (χ1) is 10.6. The lowest BCUT2D eigenvalue weighted by Gasteiger charge is -2.12. The van der Waals surface area contributed by atoms with E-state index < -0.39 is 12.0 Å². The Morgan fingerprint density at radius 3 is 2.95 bits per heavy atom. The number of rotatable bonds is 5. The Hall–Kier alpha value is -2.18. The van der Waals surface area contributed by atoms with E-state index in [1.54, 1.807) is 0 Å². The third kappa shape index (κ3) is 3.03. The highest BCUT2D eigenvalue weighted by molar-refractivity contribution is 7.07. The fourth-order valence-electron chi connectivity index (χ4n) is 2.53. The zero-order valence-corrected chi connectivity index (χ0v) is 12.6. The molecule has 3 rings (SSSR count). The second kappa shape index (κ2) is 6.29. The van der Waals surface area contributed by atoms with E-state index in [-0.39, 0.29) is 24.8 Å². The van der Waals surface area contributed by atoms with Crippen molar-refractivity contribution in [3.05, 3.63) is 52.2 Å². The van der Waals surface area contributed by atoms with Crippen LogP contribution in [-0.2, 0) is 9.59 Å². The van der Waals surface area contributed by atoms with Crippen LogP contribution >= 0.6 is 11.3 Å². The zero-order chi connectivity index (χ0) is 15.5. The summed E-state index contributed by atoms with van der Waals surface area (Å²) in [5, 5.41) is 19.1. The molecule has 1 aliphatic rings. The fourth-order valence-corrected chi connectivity index (χ4v) is 3.24. The van der Waals surface area contributed by atoms with E-state index >= 15 is 0 Å². The monoisotopic (exact) mass is 316 g/mol. The summed E-state index contributed by atoms with van der Waals surface area (Å²) in [4.78, 5) is 24.0. The minimum Gasteiger partial charge on any atom is -0.387 e. The molecule has 0 aliphatic carbocycles. The number of hydrogen-bond donors (Lipinski definition) is 3. The van der Waals surface area contributed by atoms with E-state index in [4.69, 9.17) is 0 Å². The van der Waals surface area contributed by atoms with Crippen LogP contribution in [0.5, 0.6) is 0 Å². The van der Waals surface area contributed by atoms with Crippen molar-refractivity contribution in [3.8, 4) is 0 Å². The quantitative estimate of drug-likeness (QED) is 0.790. The first-order valence-corrected chi connectivity index (χ1v) is 7.96. The molecule has 6 heteroatoms. The lowest BCUT2D eigenvalue weighted by atomic mass is 9.97. The molecular formula is C16H16N2O3S. The number of anilines is 1. The standard InChI is InChI=1S/C16H16N2O3S/c19-14(10-5-6-22-9-10)8-17-15(20)7-12-11-3-1-2-4-13(11)18-16(12)21/h1-6,9,12,14,19H,7-8H2,(H,17,20)(H,18,21). The van der Waals surface area contributed by atoms with E-state index in [0.717, 1.165) is 16.8 Å².